The summed E-state index contributed by atoms with van der Waals surface area (Å²) in [6.07, 6.45) is 9.30. The van der Waals surface area contributed by atoms with Crippen molar-refractivity contribution in [2.75, 3.05) is 26.2 Å². The number of nitrogens with one attached hydrogen (secondary N) is 6. The van der Waals surface area contributed by atoms with E-state index in [1.165, 1.54) is 25.8 Å². The van der Waals surface area contributed by atoms with Crippen LogP contribution in [0.1, 0.15) is 72.1 Å². The van der Waals surface area contributed by atoms with Crippen molar-refractivity contribution in [3.63, 3.8) is 0 Å². The fourth-order valence-electron chi connectivity index (χ4n) is 6.16. The Balaban J connectivity index is 1.22. The first kappa shape index (κ1) is 25.3. The Morgan fingerprint density at radius 3 is 2.61 bits per heavy atom. The first-order valence-corrected chi connectivity index (χ1v) is 13.6. The number of piperidine rings is 2. The molecule has 0 bridgehead atoms. The maximum atomic E-state index is 12.9. The van der Waals surface area contributed by atoms with Gasteiger partial charge in [-0.1, -0.05) is 6.92 Å². The van der Waals surface area contributed by atoms with Gasteiger partial charge in [-0.2, -0.15) is 0 Å². The van der Waals surface area contributed by atoms with Gasteiger partial charge in [0.1, 0.15) is 12.5 Å². The second-order valence-electron chi connectivity index (χ2n) is 11.2. The van der Waals surface area contributed by atoms with Gasteiger partial charge in [-0.3, -0.25) is 26.1 Å². The second kappa shape index (κ2) is 12.3. The molecule has 8 nitrogen and oxygen atoms in total. The third kappa shape index (κ3) is 7.36. The Hall–Kier alpha value is -0.770. The van der Waals surface area contributed by atoms with Crippen molar-refractivity contribution >= 4 is 5.91 Å². The fourth-order valence-corrected chi connectivity index (χ4v) is 6.16. The predicted molar refractivity (Wildman–Crippen MR) is 132 cm³/mol. The van der Waals surface area contributed by atoms with Crippen molar-refractivity contribution < 1.29 is 9.53 Å². The summed E-state index contributed by atoms with van der Waals surface area (Å²) in [7, 11) is 0. The lowest BCUT2D eigenvalue weighted by Crippen LogP contribution is -2.66. The Bertz CT molecular complexity index is 606. The van der Waals surface area contributed by atoms with Crippen molar-refractivity contribution in [2.45, 2.75) is 109 Å². The third-order valence-electron chi connectivity index (χ3n) is 8.19. The van der Waals surface area contributed by atoms with E-state index in [4.69, 9.17) is 4.74 Å². The number of hydrogen-bond acceptors (Lipinski definition) is 7. The summed E-state index contributed by atoms with van der Waals surface area (Å²) in [5.74, 6) is 1.61. The van der Waals surface area contributed by atoms with Gasteiger partial charge in [0, 0.05) is 24.7 Å². The summed E-state index contributed by atoms with van der Waals surface area (Å²) in [4.78, 5) is 12.9. The summed E-state index contributed by atoms with van der Waals surface area (Å²) < 4.78 is 5.85. The van der Waals surface area contributed by atoms with E-state index in [9.17, 15) is 4.79 Å². The molecule has 0 spiro atoms. The van der Waals surface area contributed by atoms with Gasteiger partial charge < -0.3 is 15.4 Å². The Labute approximate surface area is 200 Å². The van der Waals surface area contributed by atoms with Gasteiger partial charge in [0.2, 0.25) is 5.91 Å². The van der Waals surface area contributed by atoms with E-state index in [0.29, 0.717) is 24.5 Å². The molecular formula is C25H48N6O2. The fraction of sp³-hybridized carbons (Fsp3) is 0.960. The third-order valence-corrected chi connectivity index (χ3v) is 8.19. The van der Waals surface area contributed by atoms with Crippen LogP contribution in [0.15, 0.2) is 0 Å². The van der Waals surface area contributed by atoms with Gasteiger partial charge in [0.05, 0.1) is 12.0 Å². The lowest BCUT2D eigenvalue weighted by atomic mass is 9.82. The lowest BCUT2D eigenvalue weighted by Gasteiger charge is -2.43. The monoisotopic (exact) mass is 464 g/mol. The molecule has 8 unspecified atom stereocenters. The van der Waals surface area contributed by atoms with Crippen LogP contribution in [0.2, 0.25) is 0 Å². The smallest absolute Gasteiger partial charge is 0.224 e. The number of carbonyl (C=O) groups excluding carboxylic acids is 1. The molecule has 6 N–H and O–H groups in total. The van der Waals surface area contributed by atoms with Crippen LogP contribution in [0.25, 0.3) is 0 Å². The molecule has 1 amide bonds. The molecule has 8 heteroatoms. The molecule has 8 atom stereocenters. The maximum Gasteiger partial charge on any atom is 0.224 e. The van der Waals surface area contributed by atoms with Crippen LogP contribution in [-0.4, -0.2) is 68.8 Å². The minimum Gasteiger partial charge on any atom is -0.361 e. The van der Waals surface area contributed by atoms with E-state index < -0.39 is 0 Å². The summed E-state index contributed by atoms with van der Waals surface area (Å²) >= 11 is 0. The zero-order valence-electron chi connectivity index (χ0n) is 21.0. The highest BCUT2D eigenvalue weighted by molar-refractivity contribution is 5.79. The largest absolute Gasteiger partial charge is 0.361 e. The van der Waals surface area contributed by atoms with Crippen molar-refractivity contribution in [3.8, 4) is 0 Å². The molecule has 0 radical (unpaired) electrons. The van der Waals surface area contributed by atoms with Crippen molar-refractivity contribution in [2.24, 2.45) is 17.8 Å². The van der Waals surface area contributed by atoms with E-state index in [-0.39, 0.29) is 36.5 Å². The van der Waals surface area contributed by atoms with Gasteiger partial charge >= 0.3 is 0 Å². The summed E-state index contributed by atoms with van der Waals surface area (Å²) in [6.45, 7) is 10.5. The quantitative estimate of drug-likeness (QED) is 0.337. The predicted octanol–water partition coefficient (Wildman–Crippen LogP) is 1.23. The molecule has 1 saturated carbocycles. The minimum absolute atomic E-state index is 0.0503. The molecule has 3 aliphatic heterocycles. The van der Waals surface area contributed by atoms with E-state index in [0.717, 1.165) is 51.1 Å². The lowest BCUT2D eigenvalue weighted by molar-refractivity contribution is -0.128. The Morgan fingerprint density at radius 1 is 1.00 bits per heavy atom. The van der Waals surface area contributed by atoms with E-state index >= 15 is 0 Å². The molecule has 190 valence electrons. The van der Waals surface area contributed by atoms with Gasteiger partial charge in [0.15, 0.2) is 0 Å². The molecule has 0 aromatic carbocycles. The van der Waals surface area contributed by atoms with Crippen molar-refractivity contribution in [3.05, 3.63) is 0 Å². The topological polar surface area (TPSA) is 98.5 Å². The maximum absolute atomic E-state index is 12.9. The number of rotatable bonds is 7. The summed E-state index contributed by atoms with van der Waals surface area (Å²) in [5.41, 5.74) is 0. The van der Waals surface area contributed by atoms with Gasteiger partial charge in [-0.05, 0) is 96.7 Å². The summed E-state index contributed by atoms with van der Waals surface area (Å²) in [6, 6.07) is 1.25. The highest BCUT2D eigenvalue weighted by Gasteiger charge is 2.34. The molecular weight excluding hydrogens is 416 g/mol. The zero-order valence-corrected chi connectivity index (χ0v) is 21.0. The van der Waals surface area contributed by atoms with Crippen LogP contribution in [0, 0.1) is 17.8 Å². The molecule has 33 heavy (non-hydrogen) atoms. The van der Waals surface area contributed by atoms with Crippen LogP contribution in [0.4, 0.5) is 0 Å². The Morgan fingerprint density at radius 2 is 1.88 bits per heavy atom. The van der Waals surface area contributed by atoms with E-state index in [1.54, 1.807) is 0 Å². The van der Waals surface area contributed by atoms with Crippen molar-refractivity contribution in [1.82, 2.24) is 31.9 Å². The molecule has 3 heterocycles. The number of hydrogen-bond donors (Lipinski definition) is 6. The van der Waals surface area contributed by atoms with E-state index in [2.05, 4.69) is 52.7 Å². The minimum atomic E-state index is 0.0503. The molecule has 4 aliphatic rings. The number of amides is 1. The number of ether oxygens (including phenoxy) is 1. The molecule has 0 aromatic rings. The van der Waals surface area contributed by atoms with Crippen LogP contribution < -0.4 is 31.9 Å². The molecule has 4 fully saturated rings. The van der Waals surface area contributed by atoms with Crippen LogP contribution in [0.5, 0.6) is 0 Å². The van der Waals surface area contributed by atoms with Crippen LogP contribution >= 0.6 is 0 Å². The SMILES string of the molecule is CC(C)OC1CCC(C(=O)NC2CCC(C)C(NC3NCCC(C4CCCNC4)N3)C2)CN1. The zero-order chi connectivity index (χ0) is 23.2. The normalized spacial score (nSPS) is 40.5. The summed E-state index contributed by atoms with van der Waals surface area (Å²) in [5, 5.41) is 21.7. The average Bonchev–Trinajstić information content (AvgIpc) is 2.82. The highest BCUT2D eigenvalue weighted by atomic mass is 16.5. The first-order valence-electron chi connectivity index (χ1n) is 13.6. The molecule has 1 aliphatic carbocycles. The highest BCUT2D eigenvalue weighted by Crippen LogP contribution is 2.26. The Kier molecular flexibility index (Phi) is 9.42. The molecule has 3 saturated heterocycles. The van der Waals surface area contributed by atoms with Gasteiger partial charge in [-0.15, -0.1) is 0 Å². The standard InChI is InChI=1S/C25H48N6O2/c1-16(2)33-23-9-7-19(15-28-23)24(32)29-20-8-6-17(3)22(13-20)31-25-27-12-10-21(30-25)18-5-4-11-26-14-18/h16-23,25-28,30-31H,4-15H2,1-3H3,(H,29,32). The second-order valence-corrected chi connectivity index (χ2v) is 11.2. The van der Waals surface area contributed by atoms with Gasteiger partial charge in [-0.25, -0.2) is 0 Å². The van der Waals surface area contributed by atoms with Crippen LogP contribution in [0.3, 0.4) is 0 Å². The first-order chi connectivity index (χ1) is 16.0. The van der Waals surface area contributed by atoms with E-state index in [1.807, 2.05) is 0 Å². The molecule has 4 rings (SSSR count). The van der Waals surface area contributed by atoms with Gasteiger partial charge in [0.25, 0.3) is 0 Å². The van der Waals surface area contributed by atoms with Crippen molar-refractivity contribution in [1.29, 1.82) is 0 Å². The molecule has 0 aromatic heterocycles. The van der Waals surface area contributed by atoms with Crippen LogP contribution in [-0.2, 0) is 9.53 Å². The number of carbonyl (C=O) groups is 1. The average molecular weight is 465 g/mol.